The Labute approximate surface area is 57.2 Å². The van der Waals surface area contributed by atoms with Crippen molar-refractivity contribution in [1.29, 1.82) is 0 Å². The lowest BCUT2D eigenvalue weighted by atomic mass is 10.7. The Morgan fingerprint density at radius 3 is 2.30 bits per heavy atom. The van der Waals surface area contributed by atoms with Crippen LogP contribution in [0.4, 0.5) is 13.2 Å². The molecule has 0 radical (unpaired) electrons. The van der Waals surface area contributed by atoms with Crippen LogP contribution in [0.25, 0.3) is 0 Å². The highest BCUT2D eigenvalue weighted by Gasteiger charge is 2.29. The Kier molecular flexibility index (Phi) is 4.56. The predicted octanol–water partition coefficient (Wildman–Crippen LogP) is 2.33. The maximum Gasteiger partial charge on any atom is 0.510 e. The van der Waals surface area contributed by atoms with Crippen molar-refractivity contribution in [1.82, 2.24) is 0 Å². The van der Waals surface area contributed by atoms with Gasteiger partial charge in [-0.1, -0.05) is 0 Å². The maximum absolute atomic E-state index is 11.8. The third-order valence-corrected chi connectivity index (χ3v) is 1.63. The molecule has 2 unspecified atom stereocenters. The first-order chi connectivity index (χ1) is 4.57. The minimum atomic E-state index is -3.22. The molecule has 0 fully saturated rings. The van der Waals surface area contributed by atoms with Gasteiger partial charge in [0.1, 0.15) is 0 Å². The Balaban J connectivity index is 3.57. The Bertz CT molecular complexity index is 119. The van der Waals surface area contributed by atoms with Crippen LogP contribution in [0.2, 0.25) is 0 Å². The molecule has 0 spiro atoms. The zero-order valence-electron chi connectivity index (χ0n) is 5.26. The summed E-state index contributed by atoms with van der Waals surface area (Å²) in [6.45, 7) is 1.46. The monoisotopic (exact) mass is 175 g/mol. The van der Waals surface area contributed by atoms with E-state index in [9.17, 15) is 17.7 Å². The number of halogens is 3. The van der Waals surface area contributed by atoms with Crippen LogP contribution in [0.3, 0.4) is 0 Å². The summed E-state index contributed by atoms with van der Waals surface area (Å²) in [5.74, 6) is 0. The van der Waals surface area contributed by atoms with Crippen molar-refractivity contribution in [2.24, 2.45) is 0 Å². The van der Waals surface area contributed by atoms with Gasteiger partial charge in [-0.25, -0.2) is 13.2 Å². The van der Waals surface area contributed by atoms with E-state index < -0.39 is 20.8 Å². The second-order valence-electron chi connectivity index (χ2n) is 1.44. The molecule has 0 N–H and O–H groups in total. The zero-order valence-corrected chi connectivity index (χ0v) is 6.15. The van der Waals surface area contributed by atoms with Crippen LogP contribution in [0, 0.1) is 0 Å². The molecule has 0 aliphatic rings. The second kappa shape index (κ2) is 4.63. The first kappa shape index (κ1) is 9.85. The average molecular weight is 175 g/mol. The quantitative estimate of drug-likeness (QED) is 0.613. The molecule has 0 aromatic rings. The summed E-state index contributed by atoms with van der Waals surface area (Å²) in [6.07, 6.45) is -5.89. The van der Waals surface area contributed by atoms with Crippen LogP contribution in [0.15, 0.2) is 0 Å². The molecule has 0 aliphatic carbocycles. The first-order valence-corrected chi connectivity index (χ1v) is 3.97. The van der Waals surface area contributed by atoms with Crippen molar-refractivity contribution in [3.63, 3.8) is 0 Å². The normalized spacial score (nSPS) is 15.5. The molecule has 0 aromatic heterocycles. The van der Waals surface area contributed by atoms with Gasteiger partial charge in [0.2, 0.25) is 0 Å². The third kappa shape index (κ3) is 3.80. The lowest BCUT2D eigenvalue weighted by molar-refractivity contribution is -0.0627. The van der Waals surface area contributed by atoms with Gasteiger partial charge < -0.3 is 0 Å². The fraction of sp³-hybridized carbons (Fsp3) is 1.00. The lowest BCUT2D eigenvalue weighted by Gasteiger charge is -1.96. The number of hydrogen-bond donors (Lipinski definition) is 0. The highest BCUT2D eigenvalue weighted by Crippen LogP contribution is 2.26. The van der Waals surface area contributed by atoms with Crippen LogP contribution >= 0.6 is 8.03 Å². The topological polar surface area (TPSA) is 26.3 Å². The van der Waals surface area contributed by atoms with Crippen molar-refractivity contribution in [2.45, 2.75) is 19.7 Å². The number of rotatable bonds is 4. The van der Waals surface area contributed by atoms with E-state index in [0.29, 0.717) is 0 Å². The van der Waals surface area contributed by atoms with Crippen LogP contribution in [0.5, 0.6) is 0 Å². The smallest absolute Gasteiger partial charge is 0.204 e. The summed E-state index contributed by atoms with van der Waals surface area (Å²) in [5.41, 5.74) is 0. The first-order valence-electron chi connectivity index (χ1n) is 2.61. The molecule has 0 heterocycles. The molecule has 0 bridgehead atoms. The maximum atomic E-state index is 11.8. The zero-order chi connectivity index (χ0) is 8.15. The second-order valence-corrected chi connectivity index (χ2v) is 2.95. The third-order valence-electron chi connectivity index (χ3n) is 0.675. The van der Waals surface area contributed by atoms with Gasteiger partial charge in [0.05, 0.1) is 0 Å². The van der Waals surface area contributed by atoms with Crippen molar-refractivity contribution < 1.29 is 22.3 Å². The molecule has 0 saturated heterocycles. The van der Waals surface area contributed by atoms with E-state index >= 15 is 0 Å². The molecule has 60 valence electrons. The Morgan fingerprint density at radius 1 is 1.50 bits per heavy atom. The largest absolute Gasteiger partial charge is 0.510 e. The van der Waals surface area contributed by atoms with Gasteiger partial charge >= 0.3 is 14.4 Å². The van der Waals surface area contributed by atoms with E-state index in [-0.39, 0.29) is 6.16 Å². The fourth-order valence-electron chi connectivity index (χ4n) is 0.233. The number of alkyl halides is 3. The molecule has 0 aromatic carbocycles. The molecule has 2 nitrogen and oxygen atoms in total. The van der Waals surface area contributed by atoms with Crippen molar-refractivity contribution >= 4 is 8.03 Å². The van der Waals surface area contributed by atoms with Gasteiger partial charge in [0.25, 0.3) is 6.43 Å². The molecule has 10 heavy (non-hydrogen) atoms. The lowest BCUT2D eigenvalue weighted by Crippen LogP contribution is -2.12. The summed E-state index contributed by atoms with van der Waals surface area (Å²) in [5, 5.41) is 0. The molecular weight excluding hydrogens is 168 g/mol. The molecule has 6 heteroatoms. The van der Waals surface area contributed by atoms with Crippen molar-refractivity contribution in [2.75, 3.05) is 6.16 Å². The summed E-state index contributed by atoms with van der Waals surface area (Å²) in [4.78, 5) is 0. The van der Waals surface area contributed by atoms with Crippen LogP contribution in [-0.4, -0.2) is 18.9 Å². The van der Waals surface area contributed by atoms with Crippen molar-refractivity contribution in [3.05, 3.63) is 0 Å². The average Bonchev–Trinajstić information content (AvgIpc) is 1.87. The van der Waals surface area contributed by atoms with Gasteiger partial charge in [-0.15, -0.1) is 4.52 Å². The van der Waals surface area contributed by atoms with E-state index in [1.165, 1.54) is 6.92 Å². The van der Waals surface area contributed by atoms with Crippen molar-refractivity contribution in [3.8, 4) is 0 Å². The summed E-state index contributed by atoms with van der Waals surface area (Å²) in [7, 11) is -2.26. The number of hydrogen-bond acceptors (Lipinski definition) is 2. The van der Waals surface area contributed by atoms with E-state index in [1.807, 2.05) is 0 Å². The summed E-state index contributed by atoms with van der Waals surface area (Å²) >= 11 is 0. The van der Waals surface area contributed by atoms with E-state index in [4.69, 9.17) is 0 Å². The highest BCUT2D eigenvalue weighted by atomic mass is 31.1. The summed E-state index contributed by atoms with van der Waals surface area (Å²) in [6, 6.07) is 0. The van der Waals surface area contributed by atoms with E-state index in [0.717, 1.165) is 0 Å². The van der Waals surface area contributed by atoms with Gasteiger partial charge in [0.15, 0.2) is 6.16 Å². The van der Waals surface area contributed by atoms with Crippen LogP contribution in [-0.2, 0) is 9.09 Å². The fourth-order valence-corrected chi connectivity index (χ4v) is 0.699. The predicted molar refractivity (Wildman–Crippen MR) is 30.1 cm³/mol. The van der Waals surface area contributed by atoms with E-state index in [2.05, 4.69) is 4.52 Å². The molecular formula is C4H7F3O2P+. The minimum Gasteiger partial charge on any atom is -0.204 e. The Hall–Kier alpha value is -0.150. The van der Waals surface area contributed by atoms with Gasteiger partial charge in [0, 0.05) is 0 Å². The van der Waals surface area contributed by atoms with Gasteiger partial charge in [-0.05, 0) is 11.5 Å². The molecule has 0 aliphatic heterocycles. The standard InChI is InChI=1S/C4H7F3O2P/c1-2-10(8)9-4(7)3(5)6/h3-4H,2H2,1H3/q+1. The van der Waals surface area contributed by atoms with Crippen LogP contribution < -0.4 is 0 Å². The molecule has 2 atom stereocenters. The Morgan fingerprint density at radius 2 is 2.00 bits per heavy atom. The van der Waals surface area contributed by atoms with Gasteiger partial charge in [-0.2, -0.15) is 0 Å². The minimum absolute atomic E-state index is 0.0441. The van der Waals surface area contributed by atoms with E-state index in [1.54, 1.807) is 0 Å². The molecule has 0 amide bonds. The highest BCUT2D eigenvalue weighted by molar-refractivity contribution is 7.39. The molecule has 0 rings (SSSR count). The summed E-state index contributed by atoms with van der Waals surface area (Å²) < 4.78 is 48.4. The van der Waals surface area contributed by atoms with Gasteiger partial charge in [-0.3, -0.25) is 0 Å². The SMILES string of the molecule is CC[P+](=O)OC(F)C(F)F. The van der Waals surface area contributed by atoms with Crippen LogP contribution in [0.1, 0.15) is 6.92 Å². The molecule has 0 saturated carbocycles.